The first-order valence-electron chi connectivity index (χ1n) is 4.65. The number of carbonyl (C=O) groups excluding carboxylic acids is 1. The van der Waals surface area contributed by atoms with Gasteiger partial charge in [0.25, 0.3) is 0 Å². The van der Waals surface area contributed by atoms with Gasteiger partial charge >= 0.3 is 5.97 Å². The van der Waals surface area contributed by atoms with Crippen molar-refractivity contribution in [2.24, 2.45) is 0 Å². The Hall–Kier alpha value is -0.660. The Kier molecular flexibility index (Phi) is 6.46. The lowest BCUT2D eigenvalue weighted by Gasteiger charge is -2.13. The minimum atomic E-state index is -3.52. The molecule has 0 aromatic heterocycles. The molecule has 0 fully saturated rings. The minimum absolute atomic E-state index is 0.0585. The molecule has 0 heterocycles. The maximum atomic E-state index is 11.3. The molecule has 0 aliphatic carbocycles. The Balaban J connectivity index is 4.34. The van der Waals surface area contributed by atoms with Crippen LogP contribution in [0.25, 0.3) is 0 Å². The van der Waals surface area contributed by atoms with E-state index >= 15 is 0 Å². The third kappa shape index (κ3) is 5.71. The van der Waals surface area contributed by atoms with Crippen LogP contribution in [0.4, 0.5) is 0 Å². The zero-order chi connectivity index (χ0) is 11.9. The summed E-state index contributed by atoms with van der Waals surface area (Å²) in [6.07, 6.45) is 1.25. The number of nitrogens with one attached hydrogen (secondary N) is 1. The molecule has 0 saturated carbocycles. The van der Waals surface area contributed by atoms with E-state index < -0.39 is 28.6 Å². The molecule has 0 spiro atoms. The first-order valence-corrected chi connectivity index (χ1v) is 6.30. The Labute approximate surface area is 89.7 Å². The van der Waals surface area contributed by atoms with E-state index in [0.29, 0.717) is 6.42 Å². The van der Waals surface area contributed by atoms with Crippen LogP contribution in [0, 0.1) is 0 Å². The third-order valence-electron chi connectivity index (χ3n) is 1.76. The number of sulfonamides is 1. The Bertz CT molecular complexity index is 287. The lowest BCUT2D eigenvalue weighted by molar-refractivity contribution is -0.143. The standard InChI is InChI=1S/C8H17NO5S/c1-3-4-5-15(12,13)9-7(6-10)8(11)14-2/h7,9-10H,3-6H2,1-2H3/t7-/m0/s1. The zero-order valence-corrected chi connectivity index (χ0v) is 9.71. The maximum absolute atomic E-state index is 11.3. The molecule has 1 atom stereocenters. The Morgan fingerprint density at radius 3 is 2.53 bits per heavy atom. The highest BCUT2D eigenvalue weighted by Crippen LogP contribution is 1.97. The molecule has 0 rings (SSSR count). The smallest absolute Gasteiger partial charge is 0.326 e. The molecule has 0 radical (unpaired) electrons. The monoisotopic (exact) mass is 239 g/mol. The maximum Gasteiger partial charge on any atom is 0.326 e. The Morgan fingerprint density at radius 1 is 1.53 bits per heavy atom. The molecular formula is C8H17NO5S. The summed E-state index contributed by atoms with van der Waals surface area (Å²) in [7, 11) is -2.39. The van der Waals surface area contributed by atoms with Crippen LogP contribution in [0.3, 0.4) is 0 Å². The largest absolute Gasteiger partial charge is 0.468 e. The quantitative estimate of drug-likeness (QED) is 0.570. The van der Waals surface area contributed by atoms with Gasteiger partial charge in [-0.25, -0.2) is 8.42 Å². The molecule has 0 aliphatic rings. The van der Waals surface area contributed by atoms with Crippen molar-refractivity contribution in [3.05, 3.63) is 0 Å². The molecule has 2 N–H and O–H groups in total. The van der Waals surface area contributed by atoms with Crippen LogP contribution < -0.4 is 4.72 Å². The highest BCUT2D eigenvalue weighted by atomic mass is 32.2. The van der Waals surface area contributed by atoms with Gasteiger partial charge in [-0.1, -0.05) is 13.3 Å². The summed E-state index contributed by atoms with van der Waals surface area (Å²) in [4.78, 5) is 11.0. The summed E-state index contributed by atoms with van der Waals surface area (Å²) in [6.45, 7) is 1.25. The van der Waals surface area contributed by atoms with Gasteiger partial charge in [0.05, 0.1) is 19.5 Å². The second-order valence-electron chi connectivity index (χ2n) is 3.05. The number of carbonyl (C=O) groups is 1. The van der Waals surface area contributed by atoms with Gasteiger partial charge in [-0.05, 0) is 6.42 Å². The number of hydrogen-bond donors (Lipinski definition) is 2. The van der Waals surface area contributed by atoms with Crippen molar-refractivity contribution in [2.75, 3.05) is 19.5 Å². The van der Waals surface area contributed by atoms with Crippen LogP contribution in [0.1, 0.15) is 19.8 Å². The van der Waals surface area contributed by atoms with Gasteiger partial charge in [0.1, 0.15) is 6.04 Å². The first-order chi connectivity index (χ1) is 6.96. The number of methoxy groups -OCH3 is 1. The number of rotatable bonds is 7. The number of aliphatic hydroxyl groups is 1. The van der Waals surface area contributed by atoms with Crippen LogP contribution in [0.2, 0.25) is 0 Å². The predicted molar refractivity (Wildman–Crippen MR) is 54.7 cm³/mol. The van der Waals surface area contributed by atoms with Crippen LogP contribution in [0.5, 0.6) is 0 Å². The molecule has 0 aliphatic heterocycles. The fraction of sp³-hybridized carbons (Fsp3) is 0.875. The zero-order valence-electron chi connectivity index (χ0n) is 8.89. The van der Waals surface area contributed by atoms with Crippen molar-refractivity contribution >= 4 is 16.0 Å². The van der Waals surface area contributed by atoms with Crippen LogP contribution in [-0.2, 0) is 19.6 Å². The molecule has 0 aromatic carbocycles. The van der Waals surface area contributed by atoms with Crippen molar-refractivity contribution in [1.82, 2.24) is 4.72 Å². The number of hydrogen-bond acceptors (Lipinski definition) is 5. The van der Waals surface area contributed by atoms with Crippen molar-refractivity contribution in [3.8, 4) is 0 Å². The number of esters is 1. The molecule has 6 nitrogen and oxygen atoms in total. The lowest BCUT2D eigenvalue weighted by atomic mass is 10.3. The minimum Gasteiger partial charge on any atom is -0.468 e. The Morgan fingerprint density at radius 2 is 2.13 bits per heavy atom. The van der Waals surface area contributed by atoms with E-state index in [-0.39, 0.29) is 5.75 Å². The second-order valence-corrected chi connectivity index (χ2v) is 4.92. The molecule has 0 aromatic rings. The molecular weight excluding hydrogens is 222 g/mol. The second kappa shape index (κ2) is 6.76. The van der Waals surface area contributed by atoms with E-state index in [0.717, 1.165) is 13.5 Å². The molecule has 7 heteroatoms. The fourth-order valence-corrected chi connectivity index (χ4v) is 2.30. The van der Waals surface area contributed by atoms with E-state index in [1.807, 2.05) is 6.92 Å². The van der Waals surface area contributed by atoms with Gasteiger partial charge in [0, 0.05) is 0 Å². The third-order valence-corrected chi connectivity index (χ3v) is 3.23. The van der Waals surface area contributed by atoms with Gasteiger partial charge in [0.2, 0.25) is 10.0 Å². The number of ether oxygens (including phenoxy) is 1. The SMILES string of the molecule is CCCCS(=O)(=O)N[C@@H](CO)C(=O)OC. The summed E-state index contributed by atoms with van der Waals surface area (Å²) in [5.41, 5.74) is 0. The summed E-state index contributed by atoms with van der Waals surface area (Å²) in [6, 6.07) is -1.21. The van der Waals surface area contributed by atoms with Crippen LogP contribution in [-0.4, -0.2) is 45.0 Å². The van der Waals surface area contributed by atoms with Crippen molar-refractivity contribution < 1.29 is 23.1 Å². The lowest BCUT2D eigenvalue weighted by Crippen LogP contribution is -2.44. The molecule has 0 saturated heterocycles. The van der Waals surface area contributed by atoms with E-state index in [9.17, 15) is 13.2 Å². The summed E-state index contributed by atoms with van der Waals surface area (Å²) < 4.78 is 29.1. The van der Waals surface area contributed by atoms with Crippen LogP contribution in [0.15, 0.2) is 0 Å². The summed E-state index contributed by atoms with van der Waals surface area (Å²) in [5.74, 6) is -0.852. The van der Waals surface area contributed by atoms with E-state index in [1.54, 1.807) is 0 Å². The van der Waals surface area contributed by atoms with Gasteiger partial charge in [0.15, 0.2) is 0 Å². The number of aliphatic hydroxyl groups excluding tert-OH is 1. The first kappa shape index (κ1) is 14.3. The highest BCUT2D eigenvalue weighted by Gasteiger charge is 2.23. The van der Waals surface area contributed by atoms with Gasteiger partial charge in [-0.3, -0.25) is 4.79 Å². The molecule has 0 bridgehead atoms. The average molecular weight is 239 g/mol. The van der Waals surface area contributed by atoms with E-state index in [2.05, 4.69) is 9.46 Å². The fourth-order valence-electron chi connectivity index (χ4n) is 0.912. The van der Waals surface area contributed by atoms with E-state index in [4.69, 9.17) is 5.11 Å². The summed E-state index contributed by atoms with van der Waals surface area (Å²) in [5, 5.41) is 8.79. The van der Waals surface area contributed by atoms with Crippen molar-refractivity contribution in [3.63, 3.8) is 0 Å². The molecule has 0 amide bonds. The molecule has 0 unspecified atom stereocenters. The van der Waals surface area contributed by atoms with Gasteiger partial charge in [-0.2, -0.15) is 4.72 Å². The van der Waals surface area contributed by atoms with Crippen molar-refractivity contribution in [2.45, 2.75) is 25.8 Å². The topological polar surface area (TPSA) is 92.7 Å². The van der Waals surface area contributed by atoms with E-state index in [1.165, 1.54) is 0 Å². The molecule has 90 valence electrons. The molecule has 15 heavy (non-hydrogen) atoms. The number of unbranched alkanes of at least 4 members (excludes halogenated alkanes) is 1. The van der Waals surface area contributed by atoms with Gasteiger partial charge in [-0.15, -0.1) is 0 Å². The average Bonchev–Trinajstić information content (AvgIpc) is 2.22. The highest BCUT2D eigenvalue weighted by molar-refractivity contribution is 7.89. The normalized spacial score (nSPS) is 13.5. The summed E-state index contributed by atoms with van der Waals surface area (Å²) >= 11 is 0. The van der Waals surface area contributed by atoms with Crippen LogP contribution >= 0.6 is 0 Å². The van der Waals surface area contributed by atoms with Crippen molar-refractivity contribution in [1.29, 1.82) is 0 Å². The van der Waals surface area contributed by atoms with Gasteiger partial charge < -0.3 is 9.84 Å². The predicted octanol–water partition coefficient (Wildman–Crippen LogP) is -0.760.